The summed E-state index contributed by atoms with van der Waals surface area (Å²) in [6, 6.07) is 5.25. The molecule has 1 aliphatic heterocycles. The highest BCUT2D eigenvalue weighted by Crippen LogP contribution is 2.29. The predicted octanol–water partition coefficient (Wildman–Crippen LogP) is 0.840. The van der Waals surface area contributed by atoms with Crippen LogP contribution in [0.5, 0.6) is 0 Å². The highest BCUT2D eigenvalue weighted by molar-refractivity contribution is 7.91. The Bertz CT molecular complexity index is 542. The molecule has 1 aliphatic rings. The average Bonchev–Trinajstić information content (AvgIpc) is 2.47. The van der Waals surface area contributed by atoms with Gasteiger partial charge in [-0.05, 0) is 31.5 Å². The van der Waals surface area contributed by atoms with Crippen LogP contribution in [0.4, 0.5) is 17.1 Å². The van der Waals surface area contributed by atoms with Crippen molar-refractivity contribution in [3.63, 3.8) is 0 Å². The van der Waals surface area contributed by atoms with Gasteiger partial charge in [0.2, 0.25) is 0 Å². The molecule has 1 unspecified atom stereocenters. The Morgan fingerprint density at radius 2 is 2.00 bits per heavy atom. The van der Waals surface area contributed by atoms with Gasteiger partial charge in [0.15, 0.2) is 9.84 Å². The lowest BCUT2D eigenvalue weighted by Crippen LogP contribution is -2.35. The van der Waals surface area contributed by atoms with Crippen LogP contribution in [0.3, 0.4) is 0 Å². The van der Waals surface area contributed by atoms with Crippen LogP contribution in [-0.2, 0) is 9.84 Å². The maximum Gasteiger partial charge on any atom is 0.152 e. The van der Waals surface area contributed by atoms with Crippen molar-refractivity contribution >= 4 is 26.9 Å². The summed E-state index contributed by atoms with van der Waals surface area (Å²) >= 11 is 0. The van der Waals surface area contributed by atoms with Crippen molar-refractivity contribution in [3.8, 4) is 0 Å². The van der Waals surface area contributed by atoms with Gasteiger partial charge in [0, 0.05) is 11.2 Å². The molecular weight excluding hydrogens is 238 g/mol. The summed E-state index contributed by atoms with van der Waals surface area (Å²) in [5, 5.41) is 3.23. The van der Waals surface area contributed by atoms with Crippen LogP contribution in [0, 0.1) is 0 Å². The maximum atomic E-state index is 11.5. The van der Waals surface area contributed by atoms with E-state index in [0.29, 0.717) is 17.8 Å². The van der Waals surface area contributed by atoms with Crippen LogP contribution in [-0.4, -0.2) is 25.5 Å². The summed E-state index contributed by atoms with van der Waals surface area (Å²) in [6.45, 7) is 1.91. The minimum Gasteiger partial charge on any atom is -0.397 e. The van der Waals surface area contributed by atoms with Crippen molar-refractivity contribution < 1.29 is 8.42 Å². The number of hydrogen-bond donors (Lipinski definition) is 3. The molecule has 0 saturated carbocycles. The van der Waals surface area contributed by atoms with Crippen LogP contribution in [0.25, 0.3) is 0 Å². The lowest BCUT2D eigenvalue weighted by molar-refractivity contribution is 0.574. The number of benzene rings is 1. The van der Waals surface area contributed by atoms with Gasteiger partial charge in [-0.3, -0.25) is 0 Å². The molecule has 0 radical (unpaired) electrons. The first kappa shape index (κ1) is 12.0. The van der Waals surface area contributed by atoms with Gasteiger partial charge in [0.1, 0.15) is 0 Å². The second-order valence-corrected chi connectivity index (χ2v) is 7.06. The number of rotatable bonds is 2. The van der Waals surface area contributed by atoms with Crippen LogP contribution < -0.4 is 16.8 Å². The number of sulfone groups is 1. The molecule has 0 spiro atoms. The highest BCUT2D eigenvalue weighted by atomic mass is 32.2. The van der Waals surface area contributed by atoms with Crippen molar-refractivity contribution in [3.05, 3.63) is 18.2 Å². The summed E-state index contributed by atoms with van der Waals surface area (Å²) < 4.78 is 22.9. The number of nitrogens with two attached hydrogens (primary N) is 2. The van der Waals surface area contributed by atoms with E-state index in [1.54, 1.807) is 12.1 Å². The van der Waals surface area contributed by atoms with Gasteiger partial charge in [-0.15, -0.1) is 0 Å². The third-order valence-corrected chi connectivity index (χ3v) is 4.94. The maximum absolute atomic E-state index is 11.5. The Balaban J connectivity index is 2.19. The van der Waals surface area contributed by atoms with Gasteiger partial charge < -0.3 is 16.8 Å². The van der Waals surface area contributed by atoms with E-state index < -0.39 is 15.4 Å². The van der Waals surface area contributed by atoms with Crippen molar-refractivity contribution in [2.24, 2.45) is 0 Å². The molecule has 0 aromatic heterocycles. The van der Waals surface area contributed by atoms with Gasteiger partial charge in [0.25, 0.3) is 0 Å². The quantitative estimate of drug-likeness (QED) is 0.680. The minimum absolute atomic E-state index is 0.157. The molecule has 1 aromatic carbocycles. The molecule has 94 valence electrons. The number of anilines is 3. The zero-order valence-corrected chi connectivity index (χ0v) is 10.5. The first-order chi connectivity index (χ1) is 7.80. The van der Waals surface area contributed by atoms with E-state index in [4.69, 9.17) is 11.5 Å². The molecule has 5 N–H and O–H groups in total. The molecule has 1 aromatic rings. The zero-order chi connectivity index (χ0) is 12.7. The molecule has 1 saturated heterocycles. The third-order valence-electron chi connectivity index (χ3n) is 3.04. The second kappa shape index (κ2) is 3.80. The Hall–Kier alpha value is -1.43. The smallest absolute Gasteiger partial charge is 0.152 e. The zero-order valence-electron chi connectivity index (χ0n) is 9.73. The van der Waals surface area contributed by atoms with Crippen molar-refractivity contribution in [1.29, 1.82) is 0 Å². The molecule has 6 heteroatoms. The molecule has 1 fully saturated rings. The van der Waals surface area contributed by atoms with Crippen molar-refractivity contribution in [2.45, 2.75) is 18.9 Å². The van der Waals surface area contributed by atoms with E-state index in [1.807, 2.05) is 13.0 Å². The third kappa shape index (κ3) is 2.63. The van der Waals surface area contributed by atoms with Crippen molar-refractivity contribution in [2.75, 3.05) is 28.3 Å². The fraction of sp³-hybridized carbons (Fsp3) is 0.455. The Labute approximate surface area is 101 Å². The van der Waals surface area contributed by atoms with E-state index in [0.717, 1.165) is 5.69 Å². The summed E-state index contributed by atoms with van der Waals surface area (Å²) in [7, 11) is -2.91. The van der Waals surface area contributed by atoms with E-state index >= 15 is 0 Å². The van der Waals surface area contributed by atoms with Crippen LogP contribution >= 0.6 is 0 Å². The van der Waals surface area contributed by atoms with E-state index in [9.17, 15) is 8.42 Å². The monoisotopic (exact) mass is 255 g/mol. The summed E-state index contributed by atoms with van der Waals surface area (Å²) in [6.07, 6.45) is 0.611. The largest absolute Gasteiger partial charge is 0.397 e. The first-order valence-corrected chi connectivity index (χ1v) is 7.25. The molecular formula is C11H17N3O2S. The molecule has 1 heterocycles. The Kier molecular flexibility index (Phi) is 2.69. The minimum atomic E-state index is -2.91. The Morgan fingerprint density at radius 1 is 1.29 bits per heavy atom. The first-order valence-electron chi connectivity index (χ1n) is 5.43. The van der Waals surface area contributed by atoms with Gasteiger partial charge in [0.05, 0.1) is 22.9 Å². The normalized spacial score (nSPS) is 26.9. The van der Waals surface area contributed by atoms with Crippen LogP contribution in [0.15, 0.2) is 18.2 Å². The van der Waals surface area contributed by atoms with E-state index in [1.165, 1.54) is 0 Å². The lowest BCUT2D eigenvalue weighted by Gasteiger charge is -2.25. The standard InChI is InChI=1S/C11H17N3O2S/c1-11(4-5-17(15,16)7-11)14-8-2-3-9(12)10(13)6-8/h2-3,6,14H,4-5,7,12-13H2,1H3. The summed E-state index contributed by atoms with van der Waals surface area (Å²) in [5.41, 5.74) is 12.7. The fourth-order valence-corrected chi connectivity index (χ4v) is 4.20. The molecule has 0 bridgehead atoms. The van der Waals surface area contributed by atoms with Crippen molar-refractivity contribution in [1.82, 2.24) is 0 Å². The summed E-state index contributed by atoms with van der Waals surface area (Å²) in [4.78, 5) is 0. The van der Waals surface area contributed by atoms with Gasteiger partial charge in [-0.2, -0.15) is 0 Å². The SMILES string of the molecule is CC1(Nc2ccc(N)c(N)c2)CCS(=O)(=O)C1. The highest BCUT2D eigenvalue weighted by Gasteiger charge is 2.38. The Morgan fingerprint density at radius 3 is 2.53 bits per heavy atom. The number of nitrogen functional groups attached to an aromatic ring is 2. The van der Waals surface area contributed by atoms with Gasteiger partial charge in [-0.25, -0.2) is 8.42 Å². The average molecular weight is 255 g/mol. The lowest BCUT2D eigenvalue weighted by atomic mass is 10.0. The topological polar surface area (TPSA) is 98.2 Å². The molecule has 0 amide bonds. The molecule has 2 rings (SSSR count). The second-order valence-electron chi connectivity index (χ2n) is 4.87. The number of hydrogen-bond acceptors (Lipinski definition) is 5. The van der Waals surface area contributed by atoms with Crippen LogP contribution in [0.2, 0.25) is 0 Å². The fourth-order valence-electron chi connectivity index (χ4n) is 2.11. The van der Waals surface area contributed by atoms with E-state index in [-0.39, 0.29) is 11.5 Å². The van der Waals surface area contributed by atoms with Gasteiger partial charge >= 0.3 is 0 Å². The molecule has 0 aliphatic carbocycles. The predicted molar refractivity (Wildman–Crippen MR) is 70.6 cm³/mol. The number of nitrogens with one attached hydrogen (secondary N) is 1. The van der Waals surface area contributed by atoms with Crippen LogP contribution in [0.1, 0.15) is 13.3 Å². The summed E-state index contributed by atoms with van der Waals surface area (Å²) in [5.74, 6) is 0.394. The van der Waals surface area contributed by atoms with Gasteiger partial charge in [-0.1, -0.05) is 0 Å². The molecule has 1 atom stereocenters. The van der Waals surface area contributed by atoms with E-state index in [2.05, 4.69) is 5.32 Å². The molecule has 5 nitrogen and oxygen atoms in total. The molecule has 17 heavy (non-hydrogen) atoms.